The summed E-state index contributed by atoms with van der Waals surface area (Å²) in [5, 5.41) is 22.2. The van der Waals surface area contributed by atoms with Crippen molar-refractivity contribution >= 4 is 34.9 Å². The molecule has 0 bridgehead atoms. The lowest BCUT2D eigenvalue weighted by molar-refractivity contribution is -0.175. The lowest BCUT2D eigenvalue weighted by Gasteiger charge is -2.48. The molecule has 2 amide bonds. The molecule has 0 aliphatic heterocycles. The summed E-state index contributed by atoms with van der Waals surface area (Å²) in [5.41, 5.74) is 8.00. The van der Waals surface area contributed by atoms with E-state index in [0.717, 1.165) is 0 Å². The zero-order valence-electron chi connectivity index (χ0n) is 18.1. The van der Waals surface area contributed by atoms with Crippen molar-refractivity contribution in [3.05, 3.63) is 41.2 Å². The van der Waals surface area contributed by atoms with E-state index >= 15 is 0 Å². The molecule has 2 unspecified atom stereocenters. The third-order valence-corrected chi connectivity index (χ3v) is 7.45. The van der Waals surface area contributed by atoms with Crippen molar-refractivity contribution in [2.45, 2.75) is 24.9 Å². The zero-order chi connectivity index (χ0) is 25.4. The van der Waals surface area contributed by atoms with Crippen molar-refractivity contribution in [2.24, 2.45) is 35.1 Å². The molecule has 35 heavy (non-hydrogen) atoms. The molecule has 1 heterocycles. The number of nitrogens with two attached hydrogens (primary N) is 2. The summed E-state index contributed by atoms with van der Waals surface area (Å²) in [6.45, 7) is 0. The van der Waals surface area contributed by atoms with Crippen LogP contribution in [-0.2, 0) is 25.6 Å². The van der Waals surface area contributed by atoms with Crippen LogP contribution in [0.4, 0.5) is 0 Å². The van der Waals surface area contributed by atoms with Crippen LogP contribution in [0.3, 0.4) is 0 Å². The van der Waals surface area contributed by atoms with Crippen LogP contribution >= 0.6 is 0 Å². The van der Waals surface area contributed by atoms with Crippen LogP contribution in [0.25, 0.3) is 11.3 Å². The molecular formula is C24H20N2O9. The summed E-state index contributed by atoms with van der Waals surface area (Å²) >= 11 is 0. The van der Waals surface area contributed by atoms with Crippen LogP contribution in [-0.4, -0.2) is 50.8 Å². The monoisotopic (exact) mass is 480 g/mol. The predicted molar refractivity (Wildman–Crippen MR) is 115 cm³/mol. The normalized spacial score (nSPS) is 29.9. The fourth-order valence-electron chi connectivity index (χ4n) is 5.84. The summed E-state index contributed by atoms with van der Waals surface area (Å²) in [4.78, 5) is 75.7. The van der Waals surface area contributed by atoms with Gasteiger partial charge in [-0.05, 0) is 36.5 Å². The average molecular weight is 480 g/mol. The topological polar surface area (TPSA) is 208 Å². The second kappa shape index (κ2) is 7.44. The molecule has 0 saturated heterocycles. The number of phenols is 1. The maximum atomic E-state index is 13.5. The van der Waals surface area contributed by atoms with E-state index < -0.39 is 76.4 Å². The Kier molecular flexibility index (Phi) is 4.82. The molecule has 0 radical (unpaired) electrons. The van der Waals surface area contributed by atoms with Crippen molar-refractivity contribution < 1.29 is 43.4 Å². The maximum Gasteiger partial charge on any atom is 0.252 e. The largest absolute Gasteiger partial charge is 0.506 e. The van der Waals surface area contributed by atoms with Gasteiger partial charge in [0, 0.05) is 12.3 Å². The first-order valence-electron chi connectivity index (χ1n) is 10.9. The van der Waals surface area contributed by atoms with E-state index in [1.54, 1.807) is 6.07 Å². The molecule has 180 valence electrons. The highest BCUT2D eigenvalue weighted by molar-refractivity contribution is 6.31. The van der Waals surface area contributed by atoms with Gasteiger partial charge in [-0.2, -0.15) is 0 Å². The molecule has 5 atom stereocenters. The Morgan fingerprint density at radius 2 is 1.74 bits per heavy atom. The number of aliphatic hydroxyl groups is 1. The van der Waals surface area contributed by atoms with E-state index in [0.29, 0.717) is 5.56 Å². The molecule has 3 aliphatic rings. The van der Waals surface area contributed by atoms with E-state index in [-0.39, 0.29) is 35.3 Å². The molecule has 6 N–H and O–H groups in total. The number of amides is 2. The van der Waals surface area contributed by atoms with Gasteiger partial charge in [-0.25, -0.2) is 0 Å². The number of carbonyl (C=O) groups excluding carboxylic acids is 6. The number of phenolic OH excluding ortho intramolecular Hbond substituents is 1. The molecule has 2 saturated carbocycles. The van der Waals surface area contributed by atoms with Crippen LogP contribution in [0, 0.1) is 23.7 Å². The predicted octanol–water partition coefficient (Wildman–Crippen LogP) is -0.314. The summed E-state index contributed by atoms with van der Waals surface area (Å²) in [7, 11) is 0. The van der Waals surface area contributed by atoms with Gasteiger partial charge >= 0.3 is 0 Å². The second-order valence-electron chi connectivity index (χ2n) is 9.26. The smallest absolute Gasteiger partial charge is 0.252 e. The minimum Gasteiger partial charge on any atom is -0.506 e. The van der Waals surface area contributed by atoms with Gasteiger partial charge in [0.15, 0.2) is 34.7 Å². The Labute approximate surface area is 197 Å². The highest BCUT2D eigenvalue weighted by Crippen LogP contribution is 2.50. The number of Topliss-reactive ketones (excluding diaryl/α,β-unsaturated/α-hetero) is 4. The molecule has 11 nitrogen and oxygen atoms in total. The summed E-state index contributed by atoms with van der Waals surface area (Å²) in [6.07, 6.45) is 0.954. The number of aromatic hydroxyl groups is 1. The number of benzene rings is 1. The summed E-state index contributed by atoms with van der Waals surface area (Å²) in [6, 6.07) is 4.32. The van der Waals surface area contributed by atoms with Crippen LogP contribution in [0.2, 0.25) is 0 Å². The maximum absolute atomic E-state index is 13.5. The molecule has 11 heteroatoms. The van der Waals surface area contributed by atoms with Gasteiger partial charge in [0.25, 0.3) is 5.91 Å². The van der Waals surface area contributed by atoms with E-state index in [2.05, 4.69) is 0 Å². The van der Waals surface area contributed by atoms with Crippen LogP contribution < -0.4 is 11.5 Å². The quantitative estimate of drug-likeness (QED) is 0.424. The zero-order valence-corrected chi connectivity index (χ0v) is 18.1. The standard InChI is InChI=1S/C24H20N2O9/c25-22(32)12-3-4-35-19(12)11-2-1-8-5-9-6-10-7-13(27)16(23(26)33)21(31)24(10,34)20(30)15(9)18(29)14(8)17(11)28/h1-4,9-10,15-16,28,34H,5-7H2,(H2,25,32)(H2,26,33)/t9-,10-,15?,16?,24-/m0/s1. The van der Waals surface area contributed by atoms with Crippen molar-refractivity contribution in [1.82, 2.24) is 0 Å². The number of hydrogen-bond acceptors (Lipinski definition) is 9. The van der Waals surface area contributed by atoms with Crippen LogP contribution in [0.1, 0.15) is 39.1 Å². The Hall–Kier alpha value is -4.12. The summed E-state index contributed by atoms with van der Waals surface area (Å²) in [5.74, 6) is -11.9. The minimum absolute atomic E-state index is 0.00216. The number of fused-ring (bicyclic) bond motifs is 3. The number of furan rings is 1. The molecule has 3 aliphatic carbocycles. The number of primary amides is 2. The summed E-state index contributed by atoms with van der Waals surface area (Å²) < 4.78 is 5.29. The van der Waals surface area contributed by atoms with E-state index in [1.807, 2.05) is 0 Å². The van der Waals surface area contributed by atoms with Gasteiger partial charge in [0.2, 0.25) is 5.91 Å². The molecule has 0 spiro atoms. The Bertz CT molecular complexity index is 1370. The van der Waals surface area contributed by atoms with Crippen molar-refractivity contribution in [2.75, 3.05) is 0 Å². The fourth-order valence-corrected chi connectivity index (χ4v) is 5.84. The lowest BCUT2D eigenvalue weighted by Crippen LogP contribution is -2.68. The number of carbonyl (C=O) groups is 6. The van der Waals surface area contributed by atoms with Crippen molar-refractivity contribution in [1.29, 1.82) is 0 Å². The average Bonchev–Trinajstić information content (AvgIpc) is 3.26. The molecule has 1 aromatic heterocycles. The number of hydrogen-bond donors (Lipinski definition) is 4. The van der Waals surface area contributed by atoms with Gasteiger partial charge in [-0.15, -0.1) is 0 Å². The Morgan fingerprint density at radius 3 is 2.40 bits per heavy atom. The molecule has 1 aromatic carbocycles. The van der Waals surface area contributed by atoms with Gasteiger partial charge in [0.1, 0.15) is 11.5 Å². The fraction of sp³-hybridized carbons (Fsp3) is 0.333. The SMILES string of the molecule is NC(=O)c1ccoc1-c1ccc2c(c1O)C(=O)C1C(=O)[C@]3(O)C(=O)C(C(N)=O)C(=O)C[C@@H]3C[C@@H]1C2. The third kappa shape index (κ3) is 2.94. The van der Waals surface area contributed by atoms with E-state index in [1.165, 1.54) is 18.4 Å². The third-order valence-electron chi connectivity index (χ3n) is 7.45. The van der Waals surface area contributed by atoms with Gasteiger partial charge in [-0.1, -0.05) is 6.07 Å². The molecule has 2 fully saturated rings. The van der Waals surface area contributed by atoms with Gasteiger partial charge in [-0.3, -0.25) is 28.8 Å². The van der Waals surface area contributed by atoms with E-state index in [4.69, 9.17) is 15.9 Å². The first kappa shape index (κ1) is 22.7. The number of rotatable bonds is 3. The molecular weight excluding hydrogens is 460 g/mol. The first-order chi connectivity index (χ1) is 16.5. The lowest BCUT2D eigenvalue weighted by atomic mass is 9.54. The van der Waals surface area contributed by atoms with Gasteiger partial charge < -0.3 is 26.1 Å². The van der Waals surface area contributed by atoms with E-state index in [9.17, 15) is 39.0 Å². The van der Waals surface area contributed by atoms with Crippen molar-refractivity contribution in [3.63, 3.8) is 0 Å². The highest BCUT2D eigenvalue weighted by atomic mass is 16.3. The van der Waals surface area contributed by atoms with Crippen LogP contribution in [0.5, 0.6) is 5.75 Å². The number of ketones is 4. The van der Waals surface area contributed by atoms with Crippen molar-refractivity contribution in [3.8, 4) is 17.1 Å². The Morgan fingerprint density at radius 1 is 1.03 bits per heavy atom. The molecule has 5 rings (SSSR count). The van der Waals surface area contributed by atoms with Gasteiger partial charge in [0.05, 0.1) is 28.9 Å². The second-order valence-corrected chi connectivity index (χ2v) is 9.26. The van der Waals surface area contributed by atoms with Crippen LogP contribution in [0.15, 0.2) is 28.9 Å². The minimum atomic E-state index is -2.71. The first-order valence-corrected chi connectivity index (χ1v) is 10.9. The highest BCUT2D eigenvalue weighted by Gasteiger charge is 2.66. The Balaban J connectivity index is 1.59. The molecule has 2 aromatic rings.